The molecule has 0 nitrogen and oxygen atoms in total. The molecule has 2 heteroatoms. The van der Waals surface area contributed by atoms with Crippen LogP contribution in [0.3, 0.4) is 0 Å². The molecule has 0 aliphatic rings. The van der Waals surface area contributed by atoms with Crippen molar-refractivity contribution in [2.75, 3.05) is 4.43 Å². The van der Waals surface area contributed by atoms with Gasteiger partial charge in [0.25, 0.3) is 0 Å². The van der Waals surface area contributed by atoms with Crippen LogP contribution in [0.25, 0.3) is 0 Å². The van der Waals surface area contributed by atoms with Gasteiger partial charge < -0.3 is 0 Å². The summed E-state index contributed by atoms with van der Waals surface area (Å²) in [6.45, 7) is 0. The first-order chi connectivity index (χ1) is 3.41. The van der Waals surface area contributed by atoms with Gasteiger partial charge in [-0.25, -0.2) is 0 Å². The highest BCUT2D eigenvalue weighted by Gasteiger charge is 1.74. The van der Waals surface area contributed by atoms with E-state index in [2.05, 4.69) is 44.6 Å². The van der Waals surface area contributed by atoms with Crippen LogP contribution in [0.4, 0.5) is 0 Å². The average molecular weight is 275 g/mol. The lowest BCUT2D eigenvalue weighted by Gasteiger charge is -1.82. The van der Waals surface area contributed by atoms with E-state index < -0.39 is 0 Å². The Kier molecular flexibility index (Phi) is 7.89. The van der Waals surface area contributed by atoms with E-state index in [0.717, 1.165) is 0 Å². The third-order valence-corrected chi connectivity index (χ3v) is 1.73. The van der Waals surface area contributed by atoms with E-state index in [0.29, 0.717) is 0 Å². The Balaban J connectivity index is 2.69. The minimum Gasteiger partial charge on any atom is -0.0864 e. The van der Waals surface area contributed by atoms with Crippen molar-refractivity contribution in [1.82, 2.24) is 0 Å². The second-order valence-electron chi connectivity index (χ2n) is 1.19. The average Bonchev–Trinajstić information content (AvgIpc) is 1.69. The number of allylic oxidation sites excluding steroid dienone is 1. The molecule has 0 unspecified atom stereocenters. The molecule has 0 saturated carbocycles. The molecule has 0 saturated heterocycles. The molecule has 0 heterocycles. The van der Waals surface area contributed by atoms with Gasteiger partial charge in [-0.15, -0.1) is 0 Å². The summed E-state index contributed by atoms with van der Waals surface area (Å²) < 4.78 is 1.26. The van der Waals surface area contributed by atoms with Gasteiger partial charge in [0, 0.05) is 0 Å². The molecule has 42 valence electrons. The van der Waals surface area contributed by atoms with Crippen LogP contribution >= 0.6 is 38.5 Å². The van der Waals surface area contributed by atoms with Gasteiger partial charge in [-0.2, -0.15) is 0 Å². The Morgan fingerprint density at radius 1 is 1.57 bits per heavy atom. The molecule has 0 rings (SSSR count). The molecule has 0 atom stereocenters. The second kappa shape index (κ2) is 6.95. The second-order valence-corrected chi connectivity index (χ2v) is 2.80. The van der Waals surface area contributed by atoms with Crippen molar-refractivity contribution in [2.45, 2.75) is 12.8 Å². The summed E-state index contributed by atoms with van der Waals surface area (Å²) in [5.74, 6) is 0. The zero-order chi connectivity index (χ0) is 5.54. The molecular formula is C5H8BrI. The first-order valence-corrected chi connectivity index (χ1v) is 4.67. The minimum absolute atomic E-state index is 1.20. The van der Waals surface area contributed by atoms with E-state index in [9.17, 15) is 0 Å². The van der Waals surface area contributed by atoms with Gasteiger partial charge in [0.15, 0.2) is 0 Å². The number of hydrogen-bond acceptors (Lipinski definition) is 0. The highest BCUT2D eigenvalue weighted by molar-refractivity contribution is 14.1. The lowest BCUT2D eigenvalue weighted by Crippen LogP contribution is -1.67. The molecule has 0 bridgehead atoms. The van der Waals surface area contributed by atoms with Gasteiger partial charge >= 0.3 is 0 Å². The maximum Gasteiger partial charge on any atom is -0.000178 e. The van der Waals surface area contributed by atoms with Gasteiger partial charge in [-0.1, -0.05) is 44.6 Å². The maximum absolute atomic E-state index is 3.20. The van der Waals surface area contributed by atoms with E-state index in [1.807, 2.05) is 4.99 Å². The van der Waals surface area contributed by atoms with Crippen LogP contribution in [0.5, 0.6) is 0 Å². The van der Waals surface area contributed by atoms with E-state index in [1.165, 1.54) is 17.3 Å². The van der Waals surface area contributed by atoms with Crippen molar-refractivity contribution in [3.63, 3.8) is 0 Å². The molecule has 0 aromatic carbocycles. The molecule has 0 aromatic heterocycles. The smallest absolute Gasteiger partial charge is 0.000178 e. The summed E-state index contributed by atoms with van der Waals surface area (Å²) in [5.41, 5.74) is 0. The number of rotatable bonds is 3. The van der Waals surface area contributed by atoms with Crippen molar-refractivity contribution in [2.24, 2.45) is 0 Å². The summed E-state index contributed by atoms with van der Waals surface area (Å²) in [7, 11) is 0. The quantitative estimate of drug-likeness (QED) is 0.421. The van der Waals surface area contributed by atoms with E-state index in [4.69, 9.17) is 0 Å². The largest absolute Gasteiger partial charge is 0.0864 e. The Morgan fingerprint density at radius 3 is 2.71 bits per heavy atom. The van der Waals surface area contributed by atoms with E-state index in [-0.39, 0.29) is 0 Å². The first-order valence-electron chi connectivity index (χ1n) is 2.23. The van der Waals surface area contributed by atoms with Crippen molar-refractivity contribution in [3.05, 3.63) is 11.1 Å². The van der Waals surface area contributed by atoms with Crippen molar-refractivity contribution >= 4 is 38.5 Å². The zero-order valence-corrected chi connectivity index (χ0v) is 7.78. The molecule has 0 fully saturated rings. The monoisotopic (exact) mass is 274 g/mol. The standard InChI is InChI=1S/C5H8BrI/c6-4-2-1-3-5-7/h2,4H,1,3,5H2/b4-2+. The lowest BCUT2D eigenvalue weighted by atomic mass is 10.3. The van der Waals surface area contributed by atoms with Crippen molar-refractivity contribution < 1.29 is 0 Å². The predicted molar refractivity (Wildman–Crippen MR) is 46.2 cm³/mol. The summed E-state index contributed by atoms with van der Waals surface area (Å²) in [6.07, 6.45) is 4.62. The first kappa shape index (κ1) is 7.95. The summed E-state index contributed by atoms with van der Waals surface area (Å²) in [5, 5.41) is 0. The molecule has 0 aliphatic heterocycles. The summed E-state index contributed by atoms with van der Waals surface area (Å²) >= 11 is 5.57. The van der Waals surface area contributed by atoms with Gasteiger partial charge in [-0.05, 0) is 22.3 Å². The Hall–Kier alpha value is 0.950. The van der Waals surface area contributed by atoms with E-state index in [1.54, 1.807) is 0 Å². The Bertz CT molecular complexity index is 52.0. The number of unbranched alkanes of at least 4 members (excludes halogenated alkanes) is 1. The van der Waals surface area contributed by atoms with Gasteiger partial charge in [0.1, 0.15) is 0 Å². The Labute approximate surface area is 66.6 Å². The van der Waals surface area contributed by atoms with Gasteiger partial charge in [0.05, 0.1) is 0 Å². The number of halogens is 2. The van der Waals surface area contributed by atoms with Crippen LogP contribution in [-0.4, -0.2) is 4.43 Å². The maximum atomic E-state index is 3.20. The van der Waals surface area contributed by atoms with Crippen LogP contribution in [0.2, 0.25) is 0 Å². The van der Waals surface area contributed by atoms with Crippen LogP contribution in [0.1, 0.15) is 12.8 Å². The summed E-state index contributed by atoms with van der Waals surface area (Å²) in [4.78, 5) is 1.92. The fraction of sp³-hybridized carbons (Fsp3) is 0.600. The molecule has 0 aromatic rings. The molecule has 7 heavy (non-hydrogen) atoms. The zero-order valence-electron chi connectivity index (χ0n) is 4.03. The summed E-state index contributed by atoms with van der Waals surface area (Å²) in [6, 6.07) is 0. The highest BCUT2D eigenvalue weighted by atomic mass is 127. The number of hydrogen-bond donors (Lipinski definition) is 0. The SMILES string of the molecule is Br/C=C/CCCI. The number of alkyl halides is 1. The van der Waals surface area contributed by atoms with Crippen LogP contribution in [0.15, 0.2) is 11.1 Å². The lowest BCUT2D eigenvalue weighted by molar-refractivity contribution is 0.988. The van der Waals surface area contributed by atoms with Crippen LogP contribution in [-0.2, 0) is 0 Å². The normalized spacial score (nSPS) is 10.6. The molecule has 0 radical (unpaired) electrons. The van der Waals surface area contributed by atoms with Gasteiger partial charge in [0.2, 0.25) is 0 Å². The van der Waals surface area contributed by atoms with Gasteiger partial charge in [-0.3, -0.25) is 0 Å². The molecule has 0 spiro atoms. The highest BCUT2D eigenvalue weighted by Crippen LogP contribution is 1.96. The van der Waals surface area contributed by atoms with Crippen LogP contribution in [0, 0.1) is 0 Å². The molecule has 0 amide bonds. The minimum atomic E-state index is 1.20. The Morgan fingerprint density at radius 2 is 2.29 bits per heavy atom. The molecule has 0 aliphatic carbocycles. The fourth-order valence-electron chi connectivity index (χ4n) is 0.258. The fourth-order valence-corrected chi connectivity index (χ4v) is 0.963. The topological polar surface area (TPSA) is 0 Å². The molecular weight excluding hydrogens is 267 g/mol. The van der Waals surface area contributed by atoms with Crippen LogP contribution < -0.4 is 0 Å². The molecule has 0 N–H and O–H groups in total. The van der Waals surface area contributed by atoms with E-state index >= 15 is 0 Å². The third-order valence-electron chi connectivity index (χ3n) is 0.594. The third kappa shape index (κ3) is 6.95. The van der Waals surface area contributed by atoms with Crippen molar-refractivity contribution in [3.8, 4) is 0 Å². The van der Waals surface area contributed by atoms with Crippen molar-refractivity contribution in [1.29, 1.82) is 0 Å². The predicted octanol–water partition coefficient (Wildman–Crippen LogP) is 3.11.